The monoisotopic (exact) mass is 279 g/mol. The molecule has 0 radical (unpaired) electrons. The van der Waals surface area contributed by atoms with Crippen LogP contribution in [-0.4, -0.2) is 30.5 Å². The summed E-state index contributed by atoms with van der Waals surface area (Å²) in [6.45, 7) is 0.810. The van der Waals surface area contributed by atoms with E-state index >= 15 is 0 Å². The van der Waals surface area contributed by atoms with E-state index in [-0.39, 0.29) is 17.6 Å². The summed E-state index contributed by atoms with van der Waals surface area (Å²) in [4.78, 5) is 22.4. The number of piperidine rings is 1. The lowest BCUT2D eigenvalue weighted by molar-refractivity contribution is -0.384. The highest BCUT2D eigenvalue weighted by molar-refractivity contribution is 5.96. The van der Waals surface area contributed by atoms with Crippen LogP contribution in [0.3, 0.4) is 0 Å². The van der Waals surface area contributed by atoms with Crippen LogP contribution in [0.15, 0.2) is 18.2 Å². The van der Waals surface area contributed by atoms with E-state index in [4.69, 9.17) is 4.74 Å². The van der Waals surface area contributed by atoms with Gasteiger partial charge in [0.2, 0.25) is 5.91 Å². The van der Waals surface area contributed by atoms with Crippen molar-refractivity contribution in [2.24, 2.45) is 0 Å². The summed E-state index contributed by atoms with van der Waals surface area (Å²) in [5.41, 5.74) is 0.233. The SMILES string of the molecule is COc1ccc([N+](=O)[O-])cc1NC(=O)[C@H]1CCCCN1. The first-order valence-electron chi connectivity index (χ1n) is 6.48. The number of nitro benzene ring substituents is 1. The molecule has 1 fully saturated rings. The zero-order chi connectivity index (χ0) is 14.5. The van der Waals surface area contributed by atoms with E-state index in [1.54, 1.807) is 0 Å². The number of anilines is 1. The third kappa shape index (κ3) is 3.24. The Kier molecular flexibility index (Phi) is 4.52. The minimum absolute atomic E-state index is 0.0855. The standard InChI is InChI=1S/C13H17N3O4/c1-20-12-6-5-9(16(18)19)8-11(12)15-13(17)10-4-2-3-7-14-10/h5-6,8,10,14H,2-4,7H2,1H3,(H,15,17)/t10-/m1/s1. The Balaban J connectivity index is 2.15. The van der Waals surface area contributed by atoms with Crippen LogP contribution in [0.1, 0.15) is 19.3 Å². The molecule has 0 aliphatic carbocycles. The van der Waals surface area contributed by atoms with E-state index in [0.717, 1.165) is 25.8 Å². The number of carbonyl (C=O) groups excluding carboxylic acids is 1. The van der Waals surface area contributed by atoms with Gasteiger partial charge in [-0.15, -0.1) is 0 Å². The Hall–Kier alpha value is -2.15. The molecule has 1 saturated heterocycles. The Labute approximate surface area is 116 Å². The molecular weight excluding hydrogens is 262 g/mol. The normalized spacial score (nSPS) is 18.4. The number of nitrogens with one attached hydrogen (secondary N) is 2. The number of amides is 1. The highest BCUT2D eigenvalue weighted by Crippen LogP contribution is 2.29. The number of methoxy groups -OCH3 is 1. The molecule has 0 unspecified atom stereocenters. The molecule has 7 nitrogen and oxygen atoms in total. The summed E-state index contributed by atoms with van der Waals surface area (Å²) in [6, 6.07) is 3.86. The summed E-state index contributed by atoms with van der Waals surface area (Å²) in [6.07, 6.45) is 2.82. The van der Waals surface area contributed by atoms with Crippen molar-refractivity contribution in [2.45, 2.75) is 25.3 Å². The van der Waals surface area contributed by atoms with Gasteiger partial charge in [0.1, 0.15) is 5.75 Å². The predicted octanol–water partition coefficient (Wildman–Crippen LogP) is 1.68. The van der Waals surface area contributed by atoms with Gasteiger partial charge in [0.15, 0.2) is 0 Å². The quantitative estimate of drug-likeness (QED) is 0.646. The number of rotatable bonds is 4. The Morgan fingerprint density at radius 3 is 2.90 bits per heavy atom. The van der Waals surface area contributed by atoms with Crippen molar-refractivity contribution < 1.29 is 14.5 Å². The van der Waals surface area contributed by atoms with Gasteiger partial charge in [-0.3, -0.25) is 14.9 Å². The number of ether oxygens (including phenoxy) is 1. The van der Waals surface area contributed by atoms with Gasteiger partial charge in [0.05, 0.1) is 23.8 Å². The maximum atomic E-state index is 12.1. The molecule has 1 aromatic rings. The van der Waals surface area contributed by atoms with Crippen molar-refractivity contribution in [3.8, 4) is 5.75 Å². The van der Waals surface area contributed by atoms with Gasteiger partial charge in [-0.25, -0.2) is 0 Å². The molecule has 7 heteroatoms. The first-order chi connectivity index (χ1) is 9.61. The van der Waals surface area contributed by atoms with Crippen molar-refractivity contribution in [1.29, 1.82) is 0 Å². The molecule has 1 aromatic carbocycles. The van der Waals surface area contributed by atoms with Crippen LogP contribution in [0.4, 0.5) is 11.4 Å². The van der Waals surface area contributed by atoms with Gasteiger partial charge in [-0.1, -0.05) is 6.42 Å². The Morgan fingerprint density at radius 1 is 1.50 bits per heavy atom. The van der Waals surface area contributed by atoms with E-state index < -0.39 is 4.92 Å². The number of nitro groups is 1. The predicted molar refractivity (Wildman–Crippen MR) is 73.9 cm³/mol. The van der Waals surface area contributed by atoms with E-state index in [0.29, 0.717) is 11.4 Å². The number of hydrogen-bond donors (Lipinski definition) is 2. The molecule has 0 saturated carbocycles. The van der Waals surface area contributed by atoms with Gasteiger partial charge < -0.3 is 15.4 Å². The lowest BCUT2D eigenvalue weighted by Crippen LogP contribution is -2.43. The van der Waals surface area contributed by atoms with Crippen molar-refractivity contribution >= 4 is 17.3 Å². The van der Waals surface area contributed by atoms with Gasteiger partial charge in [0, 0.05) is 12.1 Å². The minimum atomic E-state index is -0.506. The van der Waals surface area contributed by atoms with Crippen LogP contribution in [0.25, 0.3) is 0 Å². The Bertz CT molecular complexity index is 512. The molecule has 1 aliphatic rings. The summed E-state index contributed by atoms with van der Waals surface area (Å²) < 4.78 is 5.11. The van der Waals surface area contributed by atoms with Crippen LogP contribution in [-0.2, 0) is 4.79 Å². The van der Waals surface area contributed by atoms with Crippen LogP contribution in [0.2, 0.25) is 0 Å². The maximum absolute atomic E-state index is 12.1. The fraction of sp³-hybridized carbons (Fsp3) is 0.462. The van der Waals surface area contributed by atoms with E-state index in [1.165, 1.54) is 25.3 Å². The average molecular weight is 279 g/mol. The molecule has 1 heterocycles. The molecule has 20 heavy (non-hydrogen) atoms. The summed E-state index contributed by atoms with van der Waals surface area (Å²) in [5.74, 6) is 0.211. The van der Waals surface area contributed by atoms with Gasteiger partial charge in [-0.05, 0) is 25.5 Å². The molecule has 108 valence electrons. The first kappa shape index (κ1) is 14.3. The van der Waals surface area contributed by atoms with Crippen molar-refractivity contribution in [3.05, 3.63) is 28.3 Å². The zero-order valence-corrected chi connectivity index (χ0v) is 11.2. The fourth-order valence-corrected chi connectivity index (χ4v) is 2.20. The number of hydrogen-bond acceptors (Lipinski definition) is 5. The van der Waals surface area contributed by atoms with Crippen LogP contribution in [0, 0.1) is 10.1 Å². The van der Waals surface area contributed by atoms with E-state index in [2.05, 4.69) is 10.6 Å². The zero-order valence-electron chi connectivity index (χ0n) is 11.2. The van der Waals surface area contributed by atoms with Crippen molar-refractivity contribution in [3.63, 3.8) is 0 Å². The Morgan fingerprint density at radius 2 is 2.30 bits per heavy atom. The second-order valence-corrected chi connectivity index (χ2v) is 4.63. The van der Waals surface area contributed by atoms with E-state index in [1.807, 2.05) is 0 Å². The number of benzene rings is 1. The molecule has 0 bridgehead atoms. The summed E-state index contributed by atoms with van der Waals surface area (Å²) in [7, 11) is 1.45. The van der Waals surface area contributed by atoms with Crippen LogP contribution < -0.4 is 15.4 Å². The first-order valence-corrected chi connectivity index (χ1v) is 6.48. The maximum Gasteiger partial charge on any atom is 0.271 e. The van der Waals surface area contributed by atoms with Gasteiger partial charge >= 0.3 is 0 Å². The molecule has 2 rings (SSSR count). The lowest BCUT2D eigenvalue weighted by atomic mass is 10.0. The molecule has 0 spiro atoms. The summed E-state index contributed by atoms with van der Waals surface area (Å²) >= 11 is 0. The van der Waals surface area contributed by atoms with Gasteiger partial charge in [0.25, 0.3) is 5.69 Å². The average Bonchev–Trinajstić information content (AvgIpc) is 2.48. The smallest absolute Gasteiger partial charge is 0.271 e. The van der Waals surface area contributed by atoms with E-state index in [9.17, 15) is 14.9 Å². The van der Waals surface area contributed by atoms with Crippen molar-refractivity contribution in [2.75, 3.05) is 19.0 Å². The lowest BCUT2D eigenvalue weighted by Gasteiger charge is -2.22. The molecule has 2 N–H and O–H groups in total. The van der Waals surface area contributed by atoms with Crippen LogP contribution in [0.5, 0.6) is 5.75 Å². The number of non-ortho nitro benzene ring substituents is 1. The van der Waals surface area contributed by atoms with Gasteiger partial charge in [-0.2, -0.15) is 0 Å². The summed E-state index contributed by atoms with van der Waals surface area (Å²) in [5, 5.41) is 16.6. The molecule has 1 amide bonds. The fourth-order valence-electron chi connectivity index (χ4n) is 2.20. The topological polar surface area (TPSA) is 93.5 Å². The second-order valence-electron chi connectivity index (χ2n) is 4.63. The molecule has 0 aromatic heterocycles. The highest BCUT2D eigenvalue weighted by atomic mass is 16.6. The van der Waals surface area contributed by atoms with Crippen molar-refractivity contribution in [1.82, 2.24) is 5.32 Å². The molecule has 1 atom stereocenters. The third-order valence-electron chi connectivity index (χ3n) is 3.28. The third-order valence-corrected chi connectivity index (χ3v) is 3.28. The number of carbonyl (C=O) groups is 1. The number of nitrogens with zero attached hydrogens (tertiary/aromatic N) is 1. The van der Waals surface area contributed by atoms with Crippen LogP contribution >= 0.6 is 0 Å². The highest BCUT2D eigenvalue weighted by Gasteiger charge is 2.22. The minimum Gasteiger partial charge on any atom is -0.495 e. The second kappa shape index (κ2) is 6.33. The molecule has 1 aliphatic heterocycles. The largest absolute Gasteiger partial charge is 0.495 e. The molecular formula is C13H17N3O4.